The molecule has 0 N–H and O–H groups in total. The minimum atomic E-state index is 0.918. The Labute approximate surface area is 72.2 Å². The van der Waals surface area contributed by atoms with Crippen molar-refractivity contribution in [3.05, 3.63) is 23.2 Å². The number of pyridine rings is 1. The summed E-state index contributed by atoms with van der Waals surface area (Å²) in [5.74, 6) is 0. The van der Waals surface area contributed by atoms with Crippen molar-refractivity contribution in [2.45, 2.75) is 0 Å². The molecule has 11 heavy (non-hydrogen) atoms. The van der Waals surface area contributed by atoms with E-state index in [0.29, 0.717) is 0 Å². The number of imidazole rings is 1. The van der Waals surface area contributed by atoms with E-state index in [4.69, 9.17) is 0 Å². The smallest absolute Gasteiger partial charge is 0.108 e. The molecule has 0 unspecified atom stereocenters. The van der Waals surface area contributed by atoms with E-state index in [1.54, 1.807) is 18.7 Å². The second-order valence-corrected chi connectivity index (χ2v) is 3.20. The van der Waals surface area contributed by atoms with E-state index >= 15 is 0 Å². The van der Waals surface area contributed by atoms with Crippen molar-refractivity contribution in [3.8, 4) is 0 Å². The monoisotopic (exact) mass is 211 g/mol. The highest BCUT2D eigenvalue weighted by molar-refractivity contribution is 9.10. The van der Waals surface area contributed by atoms with Crippen LogP contribution in [0.25, 0.3) is 11.0 Å². The third-order valence-electron chi connectivity index (χ3n) is 1.58. The van der Waals surface area contributed by atoms with Crippen LogP contribution in [0.15, 0.2) is 23.2 Å². The normalized spacial score (nSPS) is 10.7. The summed E-state index contributed by atoms with van der Waals surface area (Å²) in [5.41, 5.74) is 2.00. The number of fused-ring (bicyclic) bond motifs is 1. The maximum Gasteiger partial charge on any atom is 0.108 e. The van der Waals surface area contributed by atoms with Crippen LogP contribution in [0.3, 0.4) is 0 Å². The highest BCUT2D eigenvalue weighted by Gasteiger charge is 2.02. The average Bonchev–Trinajstić information content (AvgIpc) is 2.34. The van der Waals surface area contributed by atoms with Crippen LogP contribution in [0.5, 0.6) is 0 Å². The molecule has 2 rings (SSSR count). The molecule has 4 heteroatoms. The first-order valence-corrected chi connectivity index (χ1v) is 3.99. The minimum absolute atomic E-state index is 0.918. The lowest BCUT2D eigenvalue weighted by atomic mass is 10.4. The third kappa shape index (κ3) is 0.939. The molecule has 0 fully saturated rings. The third-order valence-corrected chi connectivity index (χ3v) is 2.16. The second kappa shape index (κ2) is 2.30. The molecule has 3 nitrogen and oxygen atoms in total. The van der Waals surface area contributed by atoms with Crippen LogP contribution in [-0.4, -0.2) is 14.5 Å². The van der Waals surface area contributed by atoms with Gasteiger partial charge in [0.15, 0.2) is 0 Å². The Bertz CT molecular complexity index is 393. The first-order chi connectivity index (χ1) is 5.29. The molecule has 0 aliphatic carbocycles. The maximum absolute atomic E-state index is 4.15. The van der Waals surface area contributed by atoms with Crippen LogP contribution in [0, 0.1) is 0 Å². The van der Waals surface area contributed by atoms with Gasteiger partial charge in [-0.15, -0.1) is 0 Å². The molecule has 0 radical (unpaired) electrons. The zero-order chi connectivity index (χ0) is 7.84. The summed E-state index contributed by atoms with van der Waals surface area (Å²) in [5, 5.41) is 0. The van der Waals surface area contributed by atoms with E-state index in [1.165, 1.54) is 0 Å². The molecule has 2 aromatic heterocycles. The molecule has 2 heterocycles. The summed E-state index contributed by atoms with van der Waals surface area (Å²) in [4.78, 5) is 8.15. The summed E-state index contributed by atoms with van der Waals surface area (Å²) in [6.07, 6.45) is 5.29. The number of rotatable bonds is 0. The van der Waals surface area contributed by atoms with E-state index < -0.39 is 0 Å². The summed E-state index contributed by atoms with van der Waals surface area (Å²) >= 11 is 3.40. The molecule has 56 valence electrons. The van der Waals surface area contributed by atoms with Gasteiger partial charge in [0.05, 0.1) is 22.5 Å². The second-order valence-electron chi connectivity index (χ2n) is 2.34. The van der Waals surface area contributed by atoms with Crippen LogP contribution in [0.1, 0.15) is 0 Å². The number of aryl methyl sites for hydroxylation is 1. The van der Waals surface area contributed by atoms with Gasteiger partial charge in [-0.2, -0.15) is 0 Å². The Balaban J connectivity index is 2.96. The van der Waals surface area contributed by atoms with Crippen molar-refractivity contribution in [2.24, 2.45) is 7.05 Å². The molecule has 0 amide bonds. The van der Waals surface area contributed by atoms with E-state index in [2.05, 4.69) is 25.9 Å². The molecule has 0 saturated heterocycles. The first kappa shape index (κ1) is 6.79. The predicted molar refractivity (Wildman–Crippen MR) is 46.2 cm³/mol. The Kier molecular flexibility index (Phi) is 1.42. The Morgan fingerprint density at radius 2 is 2.27 bits per heavy atom. The Hall–Kier alpha value is -0.900. The fourth-order valence-electron chi connectivity index (χ4n) is 1.07. The minimum Gasteiger partial charge on any atom is -0.333 e. The average molecular weight is 212 g/mol. The zero-order valence-corrected chi connectivity index (χ0v) is 7.54. The lowest BCUT2D eigenvalue weighted by Gasteiger charge is -1.94. The van der Waals surface area contributed by atoms with E-state index in [0.717, 1.165) is 15.5 Å². The first-order valence-electron chi connectivity index (χ1n) is 3.19. The molecule has 0 atom stereocenters. The predicted octanol–water partition coefficient (Wildman–Crippen LogP) is 1.73. The van der Waals surface area contributed by atoms with Gasteiger partial charge in [-0.05, 0) is 15.9 Å². The van der Waals surface area contributed by atoms with Gasteiger partial charge in [-0.3, -0.25) is 4.98 Å². The van der Waals surface area contributed by atoms with Gasteiger partial charge >= 0.3 is 0 Å². The van der Waals surface area contributed by atoms with Gasteiger partial charge < -0.3 is 4.57 Å². The summed E-state index contributed by atoms with van der Waals surface area (Å²) in [6.45, 7) is 0. The summed E-state index contributed by atoms with van der Waals surface area (Å²) in [6, 6.07) is 0. The van der Waals surface area contributed by atoms with Crippen molar-refractivity contribution >= 4 is 27.0 Å². The summed E-state index contributed by atoms with van der Waals surface area (Å²) < 4.78 is 2.94. The van der Waals surface area contributed by atoms with Gasteiger partial charge in [0, 0.05) is 13.2 Å². The zero-order valence-electron chi connectivity index (χ0n) is 5.95. The van der Waals surface area contributed by atoms with Crippen molar-refractivity contribution in [1.82, 2.24) is 14.5 Å². The number of hydrogen-bond donors (Lipinski definition) is 0. The van der Waals surface area contributed by atoms with Crippen LogP contribution in [0.4, 0.5) is 0 Å². The van der Waals surface area contributed by atoms with Crippen molar-refractivity contribution < 1.29 is 0 Å². The van der Waals surface area contributed by atoms with Gasteiger partial charge in [0.1, 0.15) is 5.52 Å². The molecule has 0 aliphatic rings. The number of nitrogens with zero attached hydrogens (tertiary/aromatic N) is 3. The Morgan fingerprint density at radius 1 is 1.45 bits per heavy atom. The van der Waals surface area contributed by atoms with E-state index in [-0.39, 0.29) is 0 Å². The van der Waals surface area contributed by atoms with Crippen LogP contribution < -0.4 is 0 Å². The number of halogens is 1. The van der Waals surface area contributed by atoms with Gasteiger partial charge in [0.2, 0.25) is 0 Å². The molecule has 0 spiro atoms. The van der Waals surface area contributed by atoms with E-state index in [9.17, 15) is 0 Å². The molecule has 0 aromatic carbocycles. The van der Waals surface area contributed by atoms with Crippen LogP contribution >= 0.6 is 15.9 Å². The number of hydrogen-bond acceptors (Lipinski definition) is 2. The van der Waals surface area contributed by atoms with E-state index in [1.807, 2.05) is 11.6 Å². The van der Waals surface area contributed by atoms with Crippen LogP contribution in [0.2, 0.25) is 0 Å². The maximum atomic E-state index is 4.15. The van der Waals surface area contributed by atoms with Gasteiger partial charge in [-0.1, -0.05) is 0 Å². The van der Waals surface area contributed by atoms with Crippen molar-refractivity contribution in [2.75, 3.05) is 0 Å². The lowest BCUT2D eigenvalue weighted by molar-refractivity contribution is 0.945. The van der Waals surface area contributed by atoms with Crippen LogP contribution in [-0.2, 0) is 7.05 Å². The topological polar surface area (TPSA) is 30.7 Å². The quantitative estimate of drug-likeness (QED) is 0.665. The molecule has 0 aliphatic heterocycles. The molecular formula is C7H6BrN3. The summed E-state index contributed by atoms with van der Waals surface area (Å²) in [7, 11) is 1.96. The van der Waals surface area contributed by atoms with Gasteiger partial charge in [0.25, 0.3) is 0 Å². The molecular weight excluding hydrogens is 206 g/mol. The standard InChI is InChI=1S/C7H6BrN3/c1-11-4-10-6-3-9-2-5(8)7(6)11/h2-4H,1H3. The highest BCUT2D eigenvalue weighted by atomic mass is 79.9. The van der Waals surface area contributed by atoms with Crippen molar-refractivity contribution in [3.63, 3.8) is 0 Å². The highest BCUT2D eigenvalue weighted by Crippen LogP contribution is 2.19. The van der Waals surface area contributed by atoms with Gasteiger partial charge in [-0.25, -0.2) is 4.98 Å². The Morgan fingerprint density at radius 3 is 3.00 bits per heavy atom. The largest absolute Gasteiger partial charge is 0.333 e. The molecule has 2 aromatic rings. The number of aromatic nitrogens is 3. The lowest BCUT2D eigenvalue weighted by Crippen LogP contribution is -1.85. The molecule has 0 bridgehead atoms. The van der Waals surface area contributed by atoms with Crippen molar-refractivity contribution in [1.29, 1.82) is 0 Å². The SMILES string of the molecule is Cn1cnc2cncc(Br)c21. The fraction of sp³-hybridized carbons (Fsp3) is 0.143. The fourth-order valence-corrected chi connectivity index (χ4v) is 1.67. The molecule has 0 saturated carbocycles.